The molecular formula is C16H22N2OS. The Labute approximate surface area is 124 Å². The molecule has 1 heterocycles. The number of hydrogen-bond acceptors (Lipinski definition) is 4. The normalized spacial score (nSPS) is 11.7. The van der Waals surface area contributed by atoms with E-state index in [0.717, 1.165) is 16.5 Å². The zero-order valence-electron chi connectivity index (χ0n) is 12.6. The van der Waals surface area contributed by atoms with Crippen LogP contribution in [0.4, 0.5) is 0 Å². The Morgan fingerprint density at radius 2 is 2.05 bits per heavy atom. The van der Waals surface area contributed by atoms with Crippen molar-refractivity contribution in [1.29, 1.82) is 0 Å². The highest BCUT2D eigenvalue weighted by Gasteiger charge is 2.19. The molecule has 0 fully saturated rings. The molecule has 0 saturated carbocycles. The fraction of sp³-hybridized carbons (Fsp3) is 0.438. The first-order valence-corrected chi connectivity index (χ1v) is 7.65. The molecule has 20 heavy (non-hydrogen) atoms. The van der Waals surface area contributed by atoms with E-state index in [0.29, 0.717) is 13.2 Å². The van der Waals surface area contributed by atoms with Crippen molar-refractivity contribution in [2.24, 2.45) is 5.73 Å². The maximum absolute atomic E-state index is 5.99. The number of nitrogens with zero attached hydrogens (tertiary/aromatic N) is 1. The number of rotatable bonds is 4. The van der Waals surface area contributed by atoms with Crippen molar-refractivity contribution >= 4 is 11.3 Å². The van der Waals surface area contributed by atoms with Crippen molar-refractivity contribution < 1.29 is 4.74 Å². The molecule has 0 saturated heterocycles. The van der Waals surface area contributed by atoms with E-state index in [-0.39, 0.29) is 5.41 Å². The van der Waals surface area contributed by atoms with Crippen LogP contribution < -0.4 is 10.5 Å². The maximum Gasteiger partial charge on any atom is 0.131 e. The van der Waals surface area contributed by atoms with Gasteiger partial charge in [0.25, 0.3) is 0 Å². The highest BCUT2D eigenvalue weighted by Crippen LogP contribution is 2.32. The number of thiazole rings is 1. The monoisotopic (exact) mass is 290 g/mol. The molecule has 2 N–H and O–H groups in total. The van der Waals surface area contributed by atoms with Crippen molar-refractivity contribution in [1.82, 2.24) is 4.98 Å². The van der Waals surface area contributed by atoms with E-state index in [2.05, 4.69) is 50.9 Å². The average molecular weight is 290 g/mol. The van der Waals surface area contributed by atoms with Crippen molar-refractivity contribution in [2.75, 3.05) is 0 Å². The van der Waals surface area contributed by atoms with E-state index >= 15 is 0 Å². The summed E-state index contributed by atoms with van der Waals surface area (Å²) in [5, 5.41) is 2.96. The second kappa shape index (κ2) is 5.94. The van der Waals surface area contributed by atoms with E-state index in [9.17, 15) is 0 Å². The molecule has 1 aromatic heterocycles. The van der Waals surface area contributed by atoms with E-state index in [1.165, 1.54) is 11.1 Å². The van der Waals surface area contributed by atoms with Gasteiger partial charge in [-0.05, 0) is 29.5 Å². The summed E-state index contributed by atoms with van der Waals surface area (Å²) < 4.78 is 5.99. The molecule has 0 unspecified atom stereocenters. The SMILES string of the molecule is Cc1ccc(C(C)(C)C)c(OCc2csc(CN)n2)c1. The van der Waals surface area contributed by atoms with Crippen LogP contribution in [0, 0.1) is 6.92 Å². The molecule has 0 radical (unpaired) electrons. The quantitative estimate of drug-likeness (QED) is 0.932. The Balaban J connectivity index is 2.18. The lowest BCUT2D eigenvalue weighted by Crippen LogP contribution is -2.13. The Morgan fingerprint density at radius 3 is 2.65 bits per heavy atom. The minimum Gasteiger partial charge on any atom is -0.487 e. The second-order valence-corrected chi connectivity index (χ2v) is 6.92. The molecule has 3 nitrogen and oxygen atoms in total. The molecule has 1 aromatic carbocycles. The van der Waals surface area contributed by atoms with Gasteiger partial charge in [0.2, 0.25) is 0 Å². The Hall–Kier alpha value is -1.39. The van der Waals surface area contributed by atoms with Crippen molar-refractivity contribution in [3.8, 4) is 5.75 Å². The summed E-state index contributed by atoms with van der Waals surface area (Å²) in [7, 11) is 0. The number of aromatic nitrogens is 1. The Morgan fingerprint density at radius 1 is 1.30 bits per heavy atom. The molecule has 0 atom stereocenters. The predicted octanol–water partition coefficient (Wildman–Crippen LogP) is 3.79. The van der Waals surface area contributed by atoms with Gasteiger partial charge in [-0.25, -0.2) is 4.98 Å². The van der Waals surface area contributed by atoms with Crippen molar-refractivity contribution in [2.45, 2.75) is 46.3 Å². The molecule has 2 aromatic rings. The van der Waals surface area contributed by atoms with Crippen molar-refractivity contribution in [3.63, 3.8) is 0 Å². The van der Waals surface area contributed by atoms with Gasteiger partial charge in [0.1, 0.15) is 17.4 Å². The molecule has 108 valence electrons. The van der Waals surface area contributed by atoms with Gasteiger partial charge in [0.05, 0.1) is 5.69 Å². The summed E-state index contributed by atoms with van der Waals surface area (Å²) in [6, 6.07) is 6.37. The molecule has 0 aliphatic rings. The number of ether oxygens (including phenoxy) is 1. The molecular weight excluding hydrogens is 268 g/mol. The lowest BCUT2D eigenvalue weighted by molar-refractivity contribution is 0.293. The topological polar surface area (TPSA) is 48.1 Å². The van der Waals surface area contributed by atoms with Crippen molar-refractivity contribution in [3.05, 3.63) is 45.4 Å². The summed E-state index contributed by atoms with van der Waals surface area (Å²) in [5.41, 5.74) is 9.01. The zero-order valence-corrected chi connectivity index (χ0v) is 13.4. The van der Waals surface area contributed by atoms with Gasteiger partial charge in [-0.2, -0.15) is 0 Å². The largest absolute Gasteiger partial charge is 0.487 e. The summed E-state index contributed by atoms with van der Waals surface area (Å²) in [6.07, 6.45) is 0. The third-order valence-electron chi connectivity index (χ3n) is 3.09. The molecule has 0 aliphatic carbocycles. The van der Waals surface area contributed by atoms with Crippen LogP contribution in [0.2, 0.25) is 0 Å². The van der Waals surface area contributed by atoms with Crippen LogP contribution in [0.3, 0.4) is 0 Å². The summed E-state index contributed by atoms with van der Waals surface area (Å²) in [5.74, 6) is 0.944. The van der Waals surface area contributed by atoms with Crippen LogP contribution in [-0.4, -0.2) is 4.98 Å². The third kappa shape index (κ3) is 3.58. The highest BCUT2D eigenvalue weighted by atomic mass is 32.1. The molecule has 0 spiro atoms. The average Bonchev–Trinajstić information content (AvgIpc) is 2.83. The zero-order chi connectivity index (χ0) is 14.8. The first-order chi connectivity index (χ1) is 9.40. The minimum atomic E-state index is 0.0630. The molecule has 0 bridgehead atoms. The fourth-order valence-corrected chi connectivity index (χ4v) is 2.69. The van der Waals surface area contributed by atoms with Gasteiger partial charge in [-0.15, -0.1) is 11.3 Å². The first-order valence-electron chi connectivity index (χ1n) is 6.77. The summed E-state index contributed by atoms with van der Waals surface area (Å²) in [4.78, 5) is 4.43. The predicted molar refractivity (Wildman–Crippen MR) is 84.2 cm³/mol. The number of aryl methyl sites for hydroxylation is 1. The number of hydrogen-bond donors (Lipinski definition) is 1. The van der Waals surface area contributed by atoms with Gasteiger partial charge < -0.3 is 10.5 Å². The maximum atomic E-state index is 5.99. The highest BCUT2D eigenvalue weighted by molar-refractivity contribution is 7.09. The van der Waals surface area contributed by atoms with Gasteiger partial charge >= 0.3 is 0 Å². The van der Waals surface area contributed by atoms with Gasteiger partial charge in [-0.1, -0.05) is 32.9 Å². The molecule has 0 aliphatic heterocycles. The van der Waals surface area contributed by atoms with Crippen LogP contribution in [0.15, 0.2) is 23.6 Å². The summed E-state index contributed by atoms with van der Waals surface area (Å²) in [6.45, 7) is 9.64. The van der Waals surface area contributed by atoms with Crippen LogP contribution >= 0.6 is 11.3 Å². The second-order valence-electron chi connectivity index (χ2n) is 5.97. The minimum absolute atomic E-state index is 0.0630. The fourth-order valence-electron chi connectivity index (χ4n) is 2.03. The van der Waals surface area contributed by atoms with E-state index < -0.39 is 0 Å². The van der Waals surface area contributed by atoms with E-state index in [1.54, 1.807) is 11.3 Å². The summed E-state index contributed by atoms with van der Waals surface area (Å²) >= 11 is 1.58. The van der Waals surface area contributed by atoms with Crippen LogP contribution in [0.1, 0.15) is 42.6 Å². The smallest absolute Gasteiger partial charge is 0.131 e. The van der Waals surface area contributed by atoms with Crippen LogP contribution in [-0.2, 0) is 18.6 Å². The third-order valence-corrected chi connectivity index (χ3v) is 4.01. The first kappa shape index (κ1) is 15.0. The number of benzene rings is 1. The van der Waals surface area contributed by atoms with Crippen LogP contribution in [0.25, 0.3) is 0 Å². The molecule has 2 rings (SSSR count). The van der Waals surface area contributed by atoms with Gasteiger partial charge in [0.15, 0.2) is 0 Å². The standard InChI is InChI=1S/C16H22N2OS/c1-11-5-6-13(16(2,3)4)14(7-11)19-9-12-10-20-15(8-17)18-12/h5-7,10H,8-9,17H2,1-4H3. The molecule has 0 amide bonds. The van der Waals surface area contributed by atoms with E-state index in [1.807, 2.05) is 5.38 Å². The van der Waals surface area contributed by atoms with E-state index in [4.69, 9.17) is 10.5 Å². The molecule has 4 heteroatoms. The van der Waals surface area contributed by atoms with Gasteiger partial charge in [-0.3, -0.25) is 0 Å². The lowest BCUT2D eigenvalue weighted by Gasteiger charge is -2.23. The van der Waals surface area contributed by atoms with Crippen LogP contribution in [0.5, 0.6) is 5.75 Å². The lowest BCUT2D eigenvalue weighted by atomic mass is 9.86. The number of nitrogens with two attached hydrogens (primary N) is 1. The Bertz CT molecular complexity index is 584. The Kier molecular flexibility index (Phi) is 4.45. The van der Waals surface area contributed by atoms with Gasteiger partial charge in [0, 0.05) is 11.9 Å².